The number of fused-ring (bicyclic) bond motifs is 1. The van der Waals surface area contributed by atoms with Gasteiger partial charge in [-0.3, -0.25) is 4.79 Å². The summed E-state index contributed by atoms with van der Waals surface area (Å²) >= 11 is 0. The molecule has 4 rings (SSSR count). The Morgan fingerprint density at radius 2 is 2.24 bits per heavy atom. The Kier molecular flexibility index (Phi) is 2.60. The van der Waals surface area contributed by atoms with Crippen molar-refractivity contribution in [3.05, 3.63) is 28.4 Å². The molecule has 1 saturated heterocycles. The Labute approximate surface area is 121 Å². The van der Waals surface area contributed by atoms with E-state index in [1.165, 1.54) is 6.07 Å². The Bertz CT molecular complexity index is 774. The number of hydrogen-bond acceptors (Lipinski definition) is 5. The Morgan fingerprint density at radius 1 is 1.43 bits per heavy atom. The van der Waals surface area contributed by atoms with Gasteiger partial charge in [0.25, 0.3) is 5.56 Å². The summed E-state index contributed by atoms with van der Waals surface area (Å²) < 4.78 is 7.25. The van der Waals surface area contributed by atoms with Gasteiger partial charge in [0.05, 0.1) is 23.0 Å². The quantitative estimate of drug-likeness (QED) is 0.901. The van der Waals surface area contributed by atoms with E-state index in [4.69, 9.17) is 4.74 Å². The fraction of sp³-hybridized carbons (Fsp3) is 0.533. The number of aromatic hydroxyl groups is 1. The molecule has 1 unspecified atom stereocenters. The molecule has 2 aliphatic rings. The molecule has 1 aliphatic heterocycles. The molecule has 0 bridgehead atoms. The number of aryl methyl sites for hydroxylation is 1. The maximum Gasteiger partial charge on any atom is 0.253 e. The maximum atomic E-state index is 12.5. The second-order valence-electron chi connectivity index (χ2n) is 6.04. The molecule has 2 fully saturated rings. The van der Waals surface area contributed by atoms with Crippen LogP contribution in [0.4, 0.5) is 0 Å². The molecule has 0 amide bonds. The van der Waals surface area contributed by atoms with E-state index in [2.05, 4.69) is 9.97 Å². The highest BCUT2D eigenvalue weighted by Gasteiger charge is 2.52. The fourth-order valence-corrected chi connectivity index (χ4v) is 3.48. The van der Waals surface area contributed by atoms with Crippen LogP contribution in [0.3, 0.4) is 0 Å². The van der Waals surface area contributed by atoms with E-state index in [0.717, 1.165) is 25.9 Å². The molecule has 1 aliphatic carbocycles. The summed E-state index contributed by atoms with van der Waals surface area (Å²) in [5.41, 5.74) is 0.295. The number of hydrogen-bond donors (Lipinski definition) is 1. The minimum Gasteiger partial charge on any atom is -0.493 e. The molecule has 110 valence electrons. The molecule has 0 aromatic carbocycles. The van der Waals surface area contributed by atoms with E-state index in [9.17, 15) is 9.90 Å². The lowest BCUT2D eigenvalue weighted by Gasteiger charge is -2.24. The number of pyridine rings is 1. The molecule has 1 atom stereocenters. The Balaban J connectivity index is 1.90. The standard InChI is InChI=1S/C15H17N3O3/c1-9-16-12-6-13(19)18(7-11(12)14(20)17-9)15(3-4-15)10-2-5-21-8-10/h6-7,10H,2-5,8H2,1H3,(H,16,17,20). The summed E-state index contributed by atoms with van der Waals surface area (Å²) in [6.07, 6.45) is 4.68. The predicted molar refractivity (Wildman–Crippen MR) is 76.3 cm³/mol. The molecule has 2 aromatic rings. The highest BCUT2D eigenvalue weighted by atomic mass is 16.5. The van der Waals surface area contributed by atoms with E-state index in [1.54, 1.807) is 17.7 Å². The topological polar surface area (TPSA) is 77.2 Å². The smallest absolute Gasteiger partial charge is 0.253 e. The molecule has 1 N–H and O–H groups in total. The normalized spacial score (nSPS) is 23.6. The molecule has 1 saturated carbocycles. The lowest BCUT2D eigenvalue weighted by Crippen LogP contribution is -2.36. The summed E-state index contributed by atoms with van der Waals surface area (Å²) in [5.74, 6) is 0.772. The molecule has 0 radical (unpaired) electrons. The van der Waals surface area contributed by atoms with Crippen LogP contribution in [0.1, 0.15) is 25.1 Å². The van der Waals surface area contributed by atoms with Crippen molar-refractivity contribution < 1.29 is 9.84 Å². The largest absolute Gasteiger partial charge is 0.493 e. The van der Waals surface area contributed by atoms with Crippen molar-refractivity contribution in [1.29, 1.82) is 0 Å². The molecule has 21 heavy (non-hydrogen) atoms. The Morgan fingerprint density at radius 3 is 2.90 bits per heavy atom. The average Bonchev–Trinajstić information content (AvgIpc) is 3.04. The monoisotopic (exact) mass is 287 g/mol. The van der Waals surface area contributed by atoms with E-state index < -0.39 is 0 Å². The van der Waals surface area contributed by atoms with Crippen LogP contribution in [0.5, 0.6) is 5.88 Å². The third-order valence-electron chi connectivity index (χ3n) is 4.75. The molecule has 6 nitrogen and oxygen atoms in total. The van der Waals surface area contributed by atoms with Crippen LogP contribution in [-0.4, -0.2) is 32.9 Å². The van der Waals surface area contributed by atoms with Crippen molar-refractivity contribution in [2.24, 2.45) is 5.92 Å². The lowest BCUT2D eigenvalue weighted by atomic mass is 9.96. The van der Waals surface area contributed by atoms with Gasteiger partial charge in [-0.15, -0.1) is 0 Å². The van der Waals surface area contributed by atoms with Gasteiger partial charge >= 0.3 is 0 Å². The number of ether oxygens (including phenoxy) is 1. The van der Waals surface area contributed by atoms with E-state index in [0.29, 0.717) is 29.3 Å². The molecular weight excluding hydrogens is 270 g/mol. The van der Waals surface area contributed by atoms with Crippen LogP contribution < -0.4 is 5.56 Å². The van der Waals surface area contributed by atoms with Gasteiger partial charge in [0, 0.05) is 24.8 Å². The zero-order valence-electron chi connectivity index (χ0n) is 11.9. The first-order chi connectivity index (χ1) is 10.1. The Hall–Kier alpha value is -1.95. The fourth-order valence-electron chi connectivity index (χ4n) is 3.48. The third-order valence-corrected chi connectivity index (χ3v) is 4.75. The number of aromatic nitrogens is 3. The first kappa shape index (κ1) is 12.8. The summed E-state index contributed by atoms with van der Waals surface area (Å²) in [6, 6.07) is 1.50. The van der Waals surface area contributed by atoms with E-state index in [-0.39, 0.29) is 17.0 Å². The number of rotatable bonds is 2. The van der Waals surface area contributed by atoms with Crippen molar-refractivity contribution in [2.75, 3.05) is 13.2 Å². The van der Waals surface area contributed by atoms with Crippen molar-refractivity contribution in [2.45, 2.75) is 31.7 Å². The van der Waals surface area contributed by atoms with Crippen molar-refractivity contribution >= 4 is 10.9 Å². The maximum absolute atomic E-state index is 12.5. The minimum absolute atomic E-state index is 0.0651. The molecule has 3 heterocycles. The lowest BCUT2D eigenvalue weighted by molar-refractivity contribution is 0.167. The summed E-state index contributed by atoms with van der Waals surface area (Å²) in [5, 5.41) is 10.6. The highest BCUT2D eigenvalue weighted by Crippen LogP contribution is 2.51. The summed E-state index contributed by atoms with van der Waals surface area (Å²) in [6.45, 7) is 3.17. The van der Waals surface area contributed by atoms with Gasteiger partial charge in [-0.1, -0.05) is 0 Å². The second kappa shape index (κ2) is 4.27. The summed E-state index contributed by atoms with van der Waals surface area (Å²) in [7, 11) is 0. The van der Waals surface area contributed by atoms with Crippen LogP contribution in [-0.2, 0) is 10.3 Å². The van der Waals surface area contributed by atoms with Crippen molar-refractivity contribution in [3.8, 4) is 5.88 Å². The molecule has 0 spiro atoms. The van der Waals surface area contributed by atoms with Crippen molar-refractivity contribution in [1.82, 2.24) is 14.5 Å². The van der Waals surface area contributed by atoms with E-state index in [1.807, 2.05) is 0 Å². The van der Waals surface area contributed by atoms with E-state index >= 15 is 0 Å². The second-order valence-corrected chi connectivity index (χ2v) is 6.04. The van der Waals surface area contributed by atoms with Crippen LogP contribution in [0.25, 0.3) is 10.9 Å². The third kappa shape index (κ3) is 1.86. The predicted octanol–water partition coefficient (Wildman–Crippen LogP) is 1.33. The SMILES string of the molecule is Cc1nc(O)c2cn(C3(C4CCOC4)CC3)c(=O)cc2n1. The summed E-state index contributed by atoms with van der Waals surface area (Å²) in [4.78, 5) is 20.7. The first-order valence-electron chi connectivity index (χ1n) is 7.28. The van der Waals surface area contributed by atoms with Crippen LogP contribution in [0.2, 0.25) is 0 Å². The molecule has 6 heteroatoms. The van der Waals surface area contributed by atoms with Gasteiger partial charge in [0.15, 0.2) is 0 Å². The number of nitrogens with zero attached hydrogens (tertiary/aromatic N) is 3. The van der Waals surface area contributed by atoms with Crippen LogP contribution >= 0.6 is 0 Å². The average molecular weight is 287 g/mol. The zero-order valence-corrected chi connectivity index (χ0v) is 11.9. The van der Waals surface area contributed by atoms with Gasteiger partial charge in [0.1, 0.15) is 5.82 Å². The zero-order chi connectivity index (χ0) is 14.6. The minimum atomic E-state index is -0.140. The molecular formula is C15H17N3O3. The van der Waals surface area contributed by atoms with Crippen LogP contribution in [0.15, 0.2) is 17.1 Å². The van der Waals surface area contributed by atoms with Gasteiger partial charge in [-0.05, 0) is 26.2 Å². The highest BCUT2D eigenvalue weighted by molar-refractivity contribution is 5.82. The first-order valence-corrected chi connectivity index (χ1v) is 7.28. The van der Waals surface area contributed by atoms with Crippen LogP contribution in [0, 0.1) is 12.8 Å². The van der Waals surface area contributed by atoms with Crippen molar-refractivity contribution in [3.63, 3.8) is 0 Å². The molecule has 2 aromatic heterocycles. The van der Waals surface area contributed by atoms with Gasteiger partial charge in [-0.25, -0.2) is 4.98 Å². The van der Waals surface area contributed by atoms with Gasteiger partial charge in [0.2, 0.25) is 5.88 Å². The van der Waals surface area contributed by atoms with Gasteiger partial charge < -0.3 is 14.4 Å². The van der Waals surface area contributed by atoms with Gasteiger partial charge in [-0.2, -0.15) is 4.98 Å².